The van der Waals surface area contributed by atoms with Gasteiger partial charge in [0.1, 0.15) is 5.01 Å². The fraction of sp³-hybridized carbons (Fsp3) is 0.100. The third kappa shape index (κ3) is 2.31. The molecular weight excluding hydrogens is 230 g/mol. The number of aromatic nitrogens is 1. The number of hydrogen-bond acceptors (Lipinski definition) is 3. The standard InChI is InChI=1S/C10H9NO2S2/c1-7-6-14-10(11-7)8-3-2-4-9(5-8)15(12)13/h2-6H,1H3,(H,12,13). The van der Waals surface area contributed by atoms with E-state index in [4.69, 9.17) is 4.55 Å². The zero-order valence-electron chi connectivity index (χ0n) is 8.01. The van der Waals surface area contributed by atoms with Crippen LogP contribution in [0.15, 0.2) is 34.5 Å². The van der Waals surface area contributed by atoms with E-state index in [1.807, 2.05) is 18.4 Å². The molecule has 3 nitrogen and oxygen atoms in total. The first-order valence-corrected chi connectivity index (χ1v) is 6.29. The van der Waals surface area contributed by atoms with Gasteiger partial charge in [0.05, 0.1) is 4.90 Å². The Morgan fingerprint density at radius 3 is 2.87 bits per heavy atom. The van der Waals surface area contributed by atoms with Crippen molar-refractivity contribution in [1.82, 2.24) is 4.98 Å². The molecule has 0 saturated carbocycles. The Bertz CT molecular complexity index is 508. The van der Waals surface area contributed by atoms with Crippen molar-refractivity contribution in [3.05, 3.63) is 35.3 Å². The molecule has 0 aliphatic heterocycles. The quantitative estimate of drug-likeness (QED) is 0.820. The van der Waals surface area contributed by atoms with Crippen LogP contribution >= 0.6 is 11.3 Å². The number of nitrogens with zero attached hydrogens (tertiary/aromatic N) is 1. The second-order valence-corrected chi connectivity index (χ2v) is 4.90. The lowest BCUT2D eigenvalue weighted by Crippen LogP contribution is -1.88. The van der Waals surface area contributed by atoms with Crippen LogP contribution in [0.4, 0.5) is 0 Å². The Hall–Kier alpha value is -1.04. The molecule has 0 saturated heterocycles. The van der Waals surface area contributed by atoms with E-state index < -0.39 is 11.1 Å². The van der Waals surface area contributed by atoms with Crippen LogP contribution in [-0.4, -0.2) is 13.7 Å². The molecule has 5 heteroatoms. The molecule has 1 unspecified atom stereocenters. The molecule has 0 fully saturated rings. The van der Waals surface area contributed by atoms with E-state index in [0.717, 1.165) is 16.3 Å². The topological polar surface area (TPSA) is 50.2 Å². The molecule has 0 spiro atoms. The zero-order valence-corrected chi connectivity index (χ0v) is 9.64. The highest BCUT2D eigenvalue weighted by Gasteiger charge is 2.05. The Labute approximate surface area is 94.1 Å². The first kappa shape index (κ1) is 10.5. The fourth-order valence-corrected chi connectivity index (χ4v) is 2.44. The van der Waals surface area contributed by atoms with Gasteiger partial charge < -0.3 is 4.55 Å². The minimum atomic E-state index is -1.93. The van der Waals surface area contributed by atoms with Crippen molar-refractivity contribution in [3.63, 3.8) is 0 Å². The summed E-state index contributed by atoms with van der Waals surface area (Å²) in [5.74, 6) is 0. The normalized spacial score (nSPS) is 12.7. The first-order chi connectivity index (χ1) is 7.16. The fourth-order valence-electron chi connectivity index (χ4n) is 1.22. The molecular formula is C10H9NO2S2. The third-order valence-electron chi connectivity index (χ3n) is 1.90. The van der Waals surface area contributed by atoms with Gasteiger partial charge in [-0.05, 0) is 19.1 Å². The van der Waals surface area contributed by atoms with Crippen LogP contribution in [0, 0.1) is 6.92 Å². The van der Waals surface area contributed by atoms with Crippen molar-refractivity contribution in [3.8, 4) is 10.6 Å². The van der Waals surface area contributed by atoms with Gasteiger partial charge in [0.15, 0.2) is 11.1 Å². The highest BCUT2D eigenvalue weighted by molar-refractivity contribution is 7.79. The largest absolute Gasteiger partial charge is 0.302 e. The van der Waals surface area contributed by atoms with Crippen molar-refractivity contribution < 1.29 is 8.76 Å². The van der Waals surface area contributed by atoms with Crippen LogP contribution in [-0.2, 0) is 11.1 Å². The molecule has 1 atom stereocenters. The van der Waals surface area contributed by atoms with Gasteiger partial charge in [-0.1, -0.05) is 12.1 Å². The summed E-state index contributed by atoms with van der Waals surface area (Å²) < 4.78 is 19.8. The van der Waals surface area contributed by atoms with Crippen molar-refractivity contribution in [2.75, 3.05) is 0 Å². The number of hydrogen-bond donors (Lipinski definition) is 1. The van der Waals surface area contributed by atoms with Crippen LogP contribution in [0.2, 0.25) is 0 Å². The minimum Gasteiger partial charge on any atom is -0.302 e. The Kier molecular flexibility index (Phi) is 2.95. The van der Waals surface area contributed by atoms with E-state index in [-0.39, 0.29) is 0 Å². The van der Waals surface area contributed by atoms with Gasteiger partial charge in [-0.15, -0.1) is 11.3 Å². The van der Waals surface area contributed by atoms with E-state index in [1.165, 1.54) is 11.3 Å². The summed E-state index contributed by atoms with van der Waals surface area (Å²) in [6.45, 7) is 1.92. The van der Waals surface area contributed by atoms with Crippen LogP contribution in [0.5, 0.6) is 0 Å². The smallest absolute Gasteiger partial charge is 0.186 e. The molecule has 1 aromatic heterocycles. The number of benzene rings is 1. The lowest BCUT2D eigenvalue weighted by Gasteiger charge is -1.98. The molecule has 2 aromatic rings. The molecule has 0 aliphatic carbocycles. The maximum Gasteiger partial charge on any atom is 0.186 e. The molecule has 0 radical (unpaired) electrons. The average molecular weight is 239 g/mol. The summed E-state index contributed by atoms with van der Waals surface area (Å²) in [5, 5.41) is 2.83. The molecule has 15 heavy (non-hydrogen) atoms. The Morgan fingerprint density at radius 2 is 2.27 bits per heavy atom. The molecule has 2 rings (SSSR count). The van der Waals surface area contributed by atoms with E-state index in [1.54, 1.807) is 18.2 Å². The van der Waals surface area contributed by atoms with Crippen molar-refractivity contribution in [1.29, 1.82) is 0 Å². The molecule has 78 valence electrons. The van der Waals surface area contributed by atoms with Gasteiger partial charge in [0, 0.05) is 16.6 Å². The second-order valence-electron chi connectivity index (χ2n) is 3.07. The highest BCUT2D eigenvalue weighted by atomic mass is 32.2. The SMILES string of the molecule is Cc1csc(-c2cccc(S(=O)O)c2)n1. The summed E-state index contributed by atoms with van der Waals surface area (Å²) in [6, 6.07) is 6.96. The lowest BCUT2D eigenvalue weighted by molar-refractivity contribution is 0.564. The summed E-state index contributed by atoms with van der Waals surface area (Å²) in [7, 11) is 0. The second kappa shape index (κ2) is 4.22. The van der Waals surface area contributed by atoms with Gasteiger partial charge in [-0.2, -0.15) is 0 Å². The van der Waals surface area contributed by atoms with Crippen LogP contribution in [0.25, 0.3) is 10.6 Å². The number of thiazole rings is 1. The van der Waals surface area contributed by atoms with Crippen molar-refractivity contribution in [2.24, 2.45) is 0 Å². The minimum absolute atomic E-state index is 0.403. The van der Waals surface area contributed by atoms with Gasteiger partial charge in [-0.25, -0.2) is 9.19 Å². The number of aryl methyl sites for hydroxylation is 1. The predicted octanol–water partition coefficient (Wildman–Crippen LogP) is 2.70. The van der Waals surface area contributed by atoms with Crippen molar-refractivity contribution >= 4 is 22.4 Å². The summed E-state index contributed by atoms with van der Waals surface area (Å²) >= 11 is -0.398. The van der Waals surface area contributed by atoms with Crippen molar-refractivity contribution in [2.45, 2.75) is 11.8 Å². The van der Waals surface area contributed by atoms with Crippen LogP contribution in [0.1, 0.15) is 5.69 Å². The van der Waals surface area contributed by atoms with E-state index in [0.29, 0.717) is 4.90 Å². The lowest BCUT2D eigenvalue weighted by atomic mass is 10.2. The number of rotatable bonds is 2. The monoisotopic (exact) mass is 239 g/mol. The maximum atomic E-state index is 10.9. The summed E-state index contributed by atoms with van der Waals surface area (Å²) in [5.41, 5.74) is 1.85. The van der Waals surface area contributed by atoms with Crippen LogP contribution < -0.4 is 0 Å². The molecule has 0 aliphatic rings. The van der Waals surface area contributed by atoms with Crippen LogP contribution in [0.3, 0.4) is 0 Å². The van der Waals surface area contributed by atoms with E-state index >= 15 is 0 Å². The van der Waals surface area contributed by atoms with E-state index in [9.17, 15) is 4.21 Å². The molecule has 1 N–H and O–H groups in total. The summed E-state index contributed by atoms with van der Waals surface area (Å²) in [4.78, 5) is 4.72. The molecule has 1 aromatic carbocycles. The van der Waals surface area contributed by atoms with E-state index in [2.05, 4.69) is 4.98 Å². The van der Waals surface area contributed by atoms with Gasteiger partial charge in [0.25, 0.3) is 0 Å². The average Bonchev–Trinajstić information content (AvgIpc) is 2.65. The third-order valence-corrected chi connectivity index (χ3v) is 3.57. The molecule has 0 bridgehead atoms. The molecule has 1 heterocycles. The van der Waals surface area contributed by atoms with Gasteiger partial charge >= 0.3 is 0 Å². The predicted molar refractivity (Wildman–Crippen MR) is 61.3 cm³/mol. The van der Waals surface area contributed by atoms with Gasteiger partial charge in [0.2, 0.25) is 0 Å². The zero-order chi connectivity index (χ0) is 10.8. The summed E-state index contributed by atoms with van der Waals surface area (Å²) in [6.07, 6.45) is 0. The first-order valence-electron chi connectivity index (χ1n) is 4.30. The Morgan fingerprint density at radius 1 is 1.47 bits per heavy atom. The highest BCUT2D eigenvalue weighted by Crippen LogP contribution is 2.24. The Balaban J connectivity index is 2.45. The maximum absolute atomic E-state index is 10.9. The van der Waals surface area contributed by atoms with Gasteiger partial charge in [-0.3, -0.25) is 0 Å². The molecule has 0 amide bonds.